The zero-order valence-corrected chi connectivity index (χ0v) is 8.60. The quantitative estimate of drug-likeness (QED) is 0.821. The predicted molar refractivity (Wildman–Crippen MR) is 56.0 cm³/mol. The molecule has 0 unspecified atom stereocenters. The second-order valence-electron chi connectivity index (χ2n) is 3.38. The van der Waals surface area contributed by atoms with E-state index in [-0.39, 0.29) is 0 Å². The Morgan fingerprint density at radius 2 is 2.20 bits per heavy atom. The van der Waals surface area contributed by atoms with Gasteiger partial charge in [0.15, 0.2) is 6.39 Å². The van der Waals surface area contributed by atoms with E-state index in [4.69, 9.17) is 4.42 Å². The van der Waals surface area contributed by atoms with Gasteiger partial charge in [-0.25, -0.2) is 4.98 Å². The summed E-state index contributed by atoms with van der Waals surface area (Å²) in [4.78, 5) is 8.06. The van der Waals surface area contributed by atoms with Gasteiger partial charge < -0.3 is 9.73 Å². The van der Waals surface area contributed by atoms with Crippen LogP contribution in [0.2, 0.25) is 0 Å². The molecule has 2 aromatic rings. The molecule has 1 N–H and O–H groups in total. The second-order valence-corrected chi connectivity index (χ2v) is 3.38. The van der Waals surface area contributed by atoms with E-state index >= 15 is 0 Å². The summed E-state index contributed by atoms with van der Waals surface area (Å²) in [6, 6.07) is 4.07. The summed E-state index contributed by atoms with van der Waals surface area (Å²) in [6.45, 7) is 3.45. The average Bonchev–Trinajstić information content (AvgIpc) is 2.74. The molecule has 0 radical (unpaired) electrons. The Morgan fingerprint density at radius 3 is 2.87 bits per heavy atom. The first kappa shape index (κ1) is 9.86. The third-order valence-electron chi connectivity index (χ3n) is 2.08. The lowest BCUT2D eigenvalue weighted by Gasteiger charge is -2.02. The maximum atomic E-state index is 5.10. The van der Waals surface area contributed by atoms with Crippen LogP contribution in [0.3, 0.4) is 0 Å². The number of hydrogen-bond acceptors (Lipinski definition) is 4. The summed E-state index contributed by atoms with van der Waals surface area (Å²) in [5.74, 6) is 0.843. The van der Waals surface area contributed by atoms with Crippen molar-refractivity contribution in [3.05, 3.63) is 47.9 Å². The maximum Gasteiger partial charge on any atom is 0.180 e. The first-order chi connectivity index (χ1) is 7.34. The lowest BCUT2D eigenvalue weighted by molar-refractivity contribution is 0.479. The van der Waals surface area contributed by atoms with Gasteiger partial charge in [-0.1, -0.05) is 6.07 Å². The fraction of sp³-hybridized carbons (Fsp3) is 0.273. The zero-order valence-electron chi connectivity index (χ0n) is 8.60. The Balaban J connectivity index is 1.81. The van der Waals surface area contributed by atoms with Crippen molar-refractivity contribution in [1.82, 2.24) is 15.3 Å². The predicted octanol–water partition coefficient (Wildman–Crippen LogP) is 1.67. The van der Waals surface area contributed by atoms with Crippen molar-refractivity contribution in [3.63, 3.8) is 0 Å². The molecule has 0 aliphatic carbocycles. The highest BCUT2D eigenvalue weighted by atomic mass is 16.3. The molecule has 0 saturated heterocycles. The standard InChI is InChI=1S/C11H13N3O/c1-9-2-3-10(5-14-9)4-12-6-11-7-13-8-15-11/h2-3,5,7-8,12H,4,6H2,1H3. The van der Waals surface area contributed by atoms with Gasteiger partial charge in [-0.15, -0.1) is 0 Å². The van der Waals surface area contributed by atoms with Crippen LogP contribution in [0.15, 0.2) is 35.3 Å². The van der Waals surface area contributed by atoms with E-state index in [2.05, 4.69) is 21.4 Å². The minimum absolute atomic E-state index is 0.688. The summed E-state index contributed by atoms with van der Waals surface area (Å²) in [5.41, 5.74) is 2.20. The van der Waals surface area contributed by atoms with E-state index in [0.717, 1.165) is 18.0 Å². The highest BCUT2D eigenvalue weighted by molar-refractivity contribution is 5.12. The van der Waals surface area contributed by atoms with Crippen molar-refractivity contribution in [2.45, 2.75) is 20.0 Å². The van der Waals surface area contributed by atoms with E-state index in [1.165, 1.54) is 12.0 Å². The van der Waals surface area contributed by atoms with E-state index in [0.29, 0.717) is 6.54 Å². The van der Waals surface area contributed by atoms with Gasteiger partial charge in [0.1, 0.15) is 5.76 Å². The third kappa shape index (κ3) is 2.89. The van der Waals surface area contributed by atoms with E-state index in [1.54, 1.807) is 6.20 Å². The van der Waals surface area contributed by atoms with E-state index in [1.807, 2.05) is 19.2 Å². The summed E-state index contributed by atoms with van der Waals surface area (Å²) in [5, 5.41) is 3.25. The van der Waals surface area contributed by atoms with Gasteiger partial charge in [0.2, 0.25) is 0 Å². The molecule has 15 heavy (non-hydrogen) atoms. The lowest BCUT2D eigenvalue weighted by atomic mass is 10.2. The minimum atomic E-state index is 0.688. The van der Waals surface area contributed by atoms with Gasteiger partial charge in [-0.2, -0.15) is 0 Å². The fourth-order valence-electron chi connectivity index (χ4n) is 1.26. The topological polar surface area (TPSA) is 51.0 Å². The molecule has 2 rings (SSSR count). The number of rotatable bonds is 4. The van der Waals surface area contributed by atoms with Crippen LogP contribution in [0.25, 0.3) is 0 Å². The van der Waals surface area contributed by atoms with E-state index in [9.17, 15) is 0 Å². The molecule has 0 saturated carbocycles. The largest absolute Gasteiger partial charge is 0.447 e. The SMILES string of the molecule is Cc1ccc(CNCc2cnco2)cn1. The summed E-state index contributed by atoms with van der Waals surface area (Å²) in [7, 11) is 0. The third-order valence-corrected chi connectivity index (χ3v) is 2.08. The van der Waals surface area contributed by atoms with Gasteiger partial charge >= 0.3 is 0 Å². The molecule has 0 aliphatic rings. The van der Waals surface area contributed by atoms with Gasteiger partial charge in [0, 0.05) is 18.4 Å². The smallest absolute Gasteiger partial charge is 0.180 e. The Labute approximate surface area is 88.4 Å². The molecule has 4 heteroatoms. The van der Waals surface area contributed by atoms with Gasteiger partial charge in [-0.3, -0.25) is 4.98 Å². The molecule has 0 amide bonds. The molecule has 0 bridgehead atoms. The summed E-state index contributed by atoms with van der Waals surface area (Å²) >= 11 is 0. The molecule has 0 atom stereocenters. The van der Waals surface area contributed by atoms with Crippen molar-refractivity contribution in [2.24, 2.45) is 0 Å². The number of pyridine rings is 1. The molecule has 78 valence electrons. The van der Waals surface area contributed by atoms with Crippen LogP contribution in [-0.4, -0.2) is 9.97 Å². The van der Waals surface area contributed by atoms with Crippen LogP contribution >= 0.6 is 0 Å². The number of aryl methyl sites for hydroxylation is 1. The highest BCUT2D eigenvalue weighted by Crippen LogP contribution is 2.00. The van der Waals surface area contributed by atoms with Crippen LogP contribution in [0, 0.1) is 6.92 Å². The first-order valence-corrected chi connectivity index (χ1v) is 4.84. The van der Waals surface area contributed by atoms with Crippen LogP contribution in [-0.2, 0) is 13.1 Å². The van der Waals surface area contributed by atoms with Gasteiger partial charge in [0.25, 0.3) is 0 Å². The number of aromatic nitrogens is 2. The van der Waals surface area contributed by atoms with Crippen molar-refractivity contribution in [2.75, 3.05) is 0 Å². The fourth-order valence-corrected chi connectivity index (χ4v) is 1.26. The van der Waals surface area contributed by atoms with Crippen molar-refractivity contribution >= 4 is 0 Å². The Morgan fingerprint density at radius 1 is 1.27 bits per heavy atom. The molecule has 4 nitrogen and oxygen atoms in total. The van der Waals surface area contributed by atoms with Crippen molar-refractivity contribution in [1.29, 1.82) is 0 Å². The average molecular weight is 203 g/mol. The van der Waals surface area contributed by atoms with Crippen LogP contribution < -0.4 is 5.32 Å². The number of nitrogens with one attached hydrogen (secondary N) is 1. The van der Waals surface area contributed by atoms with Crippen LogP contribution in [0.4, 0.5) is 0 Å². The van der Waals surface area contributed by atoms with Crippen molar-refractivity contribution < 1.29 is 4.42 Å². The number of hydrogen-bond donors (Lipinski definition) is 1. The summed E-state index contributed by atoms with van der Waals surface area (Å²) in [6.07, 6.45) is 5.02. The molecule has 2 aromatic heterocycles. The van der Waals surface area contributed by atoms with Crippen LogP contribution in [0.1, 0.15) is 17.0 Å². The van der Waals surface area contributed by atoms with Crippen molar-refractivity contribution in [3.8, 4) is 0 Å². The molecule has 0 fully saturated rings. The number of nitrogens with zero attached hydrogens (tertiary/aromatic N) is 2. The Kier molecular flexibility index (Phi) is 3.09. The molecular formula is C11H13N3O. The molecular weight excluding hydrogens is 190 g/mol. The van der Waals surface area contributed by atoms with Gasteiger partial charge in [0.05, 0.1) is 12.7 Å². The molecule has 0 aromatic carbocycles. The molecule has 2 heterocycles. The summed E-state index contributed by atoms with van der Waals surface area (Å²) < 4.78 is 5.10. The first-order valence-electron chi connectivity index (χ1n) is 4.84. The Hall–Kier alpha value is -1.68. The molecule has 0 spiro atoms. The maximum absolute atomic E-state index is 5.10. The second kappa shape index (κ2) is 4.70. The Bertz CT molecular complexity index is 394. The molecule has 0 aliphatic heterocycles. The lowest BCUT2D eigenvalue weighted by Crippen LogP contribution is -2.12. The van der Waals surface area contributed by atoms with Crippen LogP contribution in [0.5, 0.6) is 0 Å². The monoisotopic (exact) mass is 203 g/mol. The highest BCUT2D eigenvalue weighted by Gasteiger charge is 1.96. The van der Waals surface area contributed by atoms with E-state index < -0.39 is 0 Å². The zero-order chi connectivity index (χ0) is 10.5. The number of oxazole rings is 1. The van der Waals surface area contributed by atoms with Gasteiger partial charge in [-0.05, 0) is 18.6 Å². The minimum Gasteiger partial charge on any atom is -0.447 e. The normalized spacial score (nSPS) is 10.5.